The molecule has 1 aromatic heterocycles. The molecule has 2 atom stereocenters. The number of aromatic nitrogens is 2. The predicted molar refractivity (Wildman–Crippen MR) is 63.9 cm³/mol. The van der Waals surface area contributed by atoms with Crippen LogP contribution in [0.15, 0.2) is 12.4 Å². The van der Waals surface area contributed by atoms with Gasteiger partial charge in [-0.3, -0.25) is 0 Å². The largest absolute Gasteiger partial charge is 0.480 e. The monoisotopic (exact) mass is 235 g/mol. The Bertz CT molecular complexity index is 422. The number of hydrogen-bond acceptors (Lipinski definition) is 4. The van der Waals surface area contributed by atoms with Crippen LogP contribution in [0.5, 0.6) is 0 Å². The van der Waals surface area contributed by atoms with Crippen molar-refractivity contribution in [3.63, 3.8) is 0 Å². The van der Waals surface area contributed by atoms with E-state index in [1.54, 1.807) is 0 Å². The molecule has 92 valence electrons. The molecule has 1 fully saturated rings. The van der Waals surface area contributed by atoms with Gasteiger partial charge in [0.2, 0.25) is 0 Å². The second-order valence-corrected chi connectivity index (χ2v) is 4.61. The third-order valence-electron chi connectivity index (χ3n) is 3.27. The molecule has 0 saturated carbocycles. The minimum atomic E-state index is -0.770. The number of aryl methyl sites for hydroxylation is 1. The summed E-state index contributed by atoms with van der Waals surface area (Å²) in [6, 6.07) is 1.37. The van der Waals surface area contributed by atoms with Crippen molar-refractivity contribution < 1.29 is 9.90 Å². The molecule has 2 unspecified atom stereocenters. The van der Waals surface area contributed by atoms with Crippen molar-refractivity contribution in [2.45, 2.75) is 32.7 Å². The van der Waals surface area contributed by atoms with Crippen molar-refractivity contribution in [1.29, 1.82) is 0 Å². The van der Waals surface area contributed by atoms with Crippen LogP contribution < -0.4 is 4.90 Å². The molecule has 17 heavy (non-hydrogen) atoms. The molecule has 5 heteroatoms. The number of piperidine rings is 1. The van der Waals surface area contributed by atoms with E-state index < -0.39 is 12.0 Å². The van der Waals surface area contributed by atoms with Crippen LogP contribution in [0.25, 0.3) is 0 Å². The maximum atomic E-state index is 11.3. The smallest absolute Gasteiger partial charge is 0.326 e. The first-order valence-electron chi connectivity index (χ1n) is 5.87. The summed E-state index contributed by atoms with van der Waals surface area (Å²) in [5, 5.41) is 9.32. The molecule has 2 heterocycles. The molecule has 1 aliphatic rings. The Morgan fingerprint density at radius 2 is 2.29 bits per heavy atom. The van der Waals surface area contributed by atoms with Crippen molar-refractivity contribution in [3.05, 3.63) is 18.1 Å². The predicted octanol–water partition coefficient (Wildman–Crippen LogP) is 1.47. The minimum absolute atomic E-state index is 0.150. The van der Waals surface area contributed by atoms with E-state index in [9.17, 15) is 9.90 Å². The van der Waals surface area contributed by atoms with Crippen LogP contribution >= 0.6 is 0 Å². The highest BCUT2D eigenvalue weighted by molar-refractivity contribution is 5.78. The lowest BCUT2D eigenvalue weighted by molar-refractivity contribution is -0.140. The van der Waals surface area contributed by atoms with Gasteiger partial charge in [-0.25, -0.2) is 14.8 Å². The number of rotatable bonds is 2. The van der Waals surface area contributed by atoms with Gasteiger partial charge in [-0.1, -0.05) is 6.92 Å². The molecule has 0 spiro atoms. The number of anilines is 1. The maximum absolute atomic E-state index is 11.3. The van der Waals surface area contributed by atoms with Gasteiger partial charge in [0.25, 0.3) is 0 Å². The summed E-state index contributed by atoms with van der Waals surface area (Å²) in [6.45, 7) is 4.62. The fourth-order valence-corrected chi connectivity index (χ4v) is 2.42. The van der Waals surface area contributed by atoms with E-state index in [1.165, 1.54) is 6.33 Å². The molecule has 0 aromatic carbocycles. The Morgan fingerprint density at radius 1 is 1.53 bits per heavy atom. The SMILES string of the molecule is Cc1cc(N2CCCC(C)C2C(=O)O)ncn1. The van der Waals surface area contributed by atoms with E-state index in [0.29, 0.717) is 0 Å². The lowest BCUT2D eigenvalue weighted by Gasteiger charge is -2.38. The van der Waals surface area contributed by atoms with Gasteiger partial charge in [-0.15, -0.1) is 0 Å². The van der Waals surface area contributed by atoms with Gasteiger partial charge < -0.3 is 10.0 Å². The number of carbonyl (C=O) groups is 1. The van der Waals surface area contributed by atoms with Gasteiger partial charge in [0, 0.05) is 18.3 Å². The zero-order valence-corrected chi connectivity index (χ0v) is 10.1. The fourth-order valence-electron chi connectivity index (χ4n) is 2.42. The summed E-state index contributed by atoms with van der Waals surface area (Å²) in [5.41, 5.74) is 0.859. The first kappa shape index (κ1) is 11.8. The number of nitrogens with zero attached hydrogens (tertiary/aromatic N) is 3. The summed E-state index contributed by atoms with van der Waals surface area (Å²) in [6.07, 6.45) is 3.45. The Morgan fingerprint density at radius 3 is 2.94 bits per heavy atom. The molecule has 0 bridgehead atoms. The summed E-state index contributed by atoms with van der Waals surface area (Å²) < 4.78 is 0. The number of carboxylic acid groups (broad SMARTS) is 1. The zero-order valence-electron chi connectivity index (χ0n) is 10.1. The van der Waals surface area contributed by atoms with Crippen LogP contribution in [0.4, 0.5) is 5.82 Å². The standard InChI is InChI=1S/C12H17N3O2/c1-8-4-3-5-15(11(8)12(16)17)10-6-9(2)13-7-14-10/h6-8,11H,3-5H2,1-2H3,(H,16,17). The van der Waals surface area contributed by atoms with E-state index >= 15 is 0 Å². The molecule has 1 saturated heterocycles. The summed E-state index contributed by atoms with van der Waals surface area (Å²) in [5.74, 6) is 0.0986. The van der Waals surface area contributed by atoms with E-state index in [2.05, 4.69) is 9.97 Å². The third kappa shape index (κ3) is 2.38. The lowest BCUT2D eigenvalue weighted by atomic mass is 9.91. The molecule has 1 aliphatic heterocycles. The molecule has 5 nitrogen and oxygen atoms in total. The first-order valence-corrected chi connectivity index (χ1v) is 5.87. The molecular weight excluding hydrogens is 218 g/mol. The van der Waals surface area contributed by atoms with Gasteiger partial charge in [-0.2, -0.15) is 0 Å². The quantitative estimate of drug-likeness (QED) is 0.841. The lowest BCUT2D eigenvalue weighted by Crippen LogP contribution is -2.49. The highest BCUT2D eigenvalue weighted by Crippen LogP contribution is 2.27. The van der Waals surface area contributed by atoms with Crippen LogP contribution in [-0.2, 0) is 4.79 Å². The van der Waals surface area contributed by atoms with Crippen molar-refractivity contribution in [2.24, 2.45) is 5.92 Å². The second-order valence-electron chi connectivity index (χ2n) is 4.61. The second kappa shape index (κ2) is 4.69. The van der Waals surface area contributed by atoms with Crippen LogP contribution in [0.3, 0.4) is 0 Å². The van der Waals surface area contributed by atoms with Gasteiger partial charge in [0.05, 0.1) is 0 Å². The summed E-state index contributed by atoms with van der Waals surface area (Å²) in [7, 11) is 0. The minimum Gasteiger partial charge on any atom is -0.480 e. The Hall–Kier alpha value is -1.65. The van der Waals surface area contributed by atoms with Crippen molar-refractivity contribution in [1.82, 2.24) is 9.97 Å². The number of aliphatic carboxylic acids is 1. The van der Waals surface area contributed by atoms with E-state index in [1.807, 2.05) is 24.8 Å². The number of carboxylic acids is 1. The van der Waals surface area contributed by atoms with Crippen LogP contribution in [0.2, 0.25) is 0 Å². The Kier molecular flexibility index (Phi) is 3.26. The highest BCUT2D eigenvalue weighted by Gasteiger charge is 2.34. The van der Waals surface area contributed by atoms with Crippen LogP contribution in [0.1, 0.15) is 25.5 Å². The van der Waals surface area contributed by atoms with Crippen LogP contribution in [-0.4, -0.2) is 33.6 Å². The van der Waals surface area contributed by atoms with Crippen LogP contribution in [0, 0.1) is 12.8 Å². The molecule has 0 amide bonds. The molecule has 2 rings (SSSR count). The molecule has 1 aromatic rings. The van der Waals surface area contributed by atoms with Gasteiger partial charge in [-0.05, 0) is 25.7 Å². The van der Waals surface area contributed by atoms with E-state index in [0.717, 1.165) is 30.9 Å². The molecule has 0 radical (unpaired) electrons. The third-order valence-corrected chi connectivity index (χ3v) is 3.27. The van der Waals surface area contributed by atoms with Gasteiger partial charge >= 0.3 is 5.97 Å². The summed E-state index contributed by atoms with van der Waals surface area (Å²) in [4.78, 5) is 21.4. The van der Waals surface area contributed by atoms with E-state index in [4.69, 9.17) is 0 Å². The fraction of sp³-hybridized carbons (Fsp3) is 0.583. The van der Waals surface area contributed by atoms with Crippen molar-refractivity contribution >= 4 is 11.8 Å². The van der Waals surface area contributed by atoms with Crippen molar-refractivity contribution in [3.8, 4) is 0 Å². The average molecular weight is 235 g/mol. The molecular formula is C12H17N3O2. The normalized spacial score (nSPS) is 24.7. The molecule has 1 N–H and O–H groups in total. The van der Waals surface area contributed by atoms with Gasteiger partial charge in [0.15, 0.2) is 0 Å². The molecule has 0 aliphatic carbocycles. The Balaban J connectivity index is 2.31. The van der Waals surface area contributed by atoms with E-state index in [-0.39, 0.29) is 5.92 Å². The zero-order chi connectivity index (χ0) is 12.4. The topological polar surface area (TPSA) is 66.3 Å². The average Bonchev–Trinajstić information content (AvgIpc) is 2.28. The van der Waals surface area contributed by atoms with Gasteiger partial charge in [0.1, 0.15) is 18.2 Å². The van der Waals surface area contributed by atoms with Crippen molar-refractivity contribution in [2.75, 3.05) is 11.4 Å². The number of hydrogen-bond donors (Lipinski definition) is 1. The first-order chi connectivity index (χ1) is 8.09. The Labute approximate surface area is 100 Å². The highest BCUT2D eigenvalue weighted by atomic mass is 16.4. The maximum Gasteiger partial charge on any atom is 0.326 e. The summed E-state index contributed by atoms with van der Waals surface area (Å²) >= 11 is 0.